The first-order chi connectivity index (χ1) is 7.24. The lowest BCUT2D eigenvalue weighted by molar-refractivity contribution is 0.0987. The number of methoxy groups -OCH3 is 1. The fourth-order valence-corrected chi connectivity index (χ4v) is 1.30. The van der Waals surface area contributed by atoms with E-state index in [9.17, 15) is 4.79 Å². The fourth-order valence-electron chi connectivity index (χ4n) is 1.30. The van der Waals surface area contributed by atoms with Crippen molar-refractivity contribution in [3.8, 4) is 0 Å². The minimum atomic E-state index is 0.120. The molecule has 15 heavy (non-hydrogen) atoms. The monoisotopic (exact) mass is 207 g/mol. The molecule has 0 fully saturated rings. The van der Waals surface area contributed by atoms with E-state index >= 15 is 0 Å². The zero-order chi connectivity index (χ0) is 11.1. The number of hydrogen-bond acceptors (Lipinski definition) is 3. The summed E-state index contributed by atoms with van der Waals surface area (Å²) in [5.74, 6) is 0.120. The SMILES string of the molecule is COCCNCC(=O)c1cccc(C)c1. The Morgan fingerprint density at radius 3 is 2.93 bits per heavy atom. The third kappa shape index (κ3) is 4.23. The maximum absolute atomic E-state index is 11.7. The van der Waals surface area contributed by atoms with Gasteiger partial charge in [-0.05, 0) is 13.0 Å². The first-order valence-corrected chi connectivity index (χ1v) is 5.03. The van der Waals surface area contributed by atoms with Gasteiger partial charge in [-0.1, -0.05) is 23.8 Å². The van der Waals surface area contributed by atoms with Crippen LogP contribution in [0.5, 0.6) is 0 Å². The highest BCUT2D eigenvalue weighted by molar-refractivity contribution is 5.97. The van der Waals surface area contributed by atoms with E-state index in [4.69, 9.17) is 4.74 Å². The number of rotatable bonds is 6. The summed E-state index contributed by atoms with van der Waals surface area (Å²) >= 11 is 0. The number of ketones is 1. The van der Waals surface area contributed by atoms with Gasteiger partial charge in [0.1, 0.15) is 0 Å². The van der Waals surface area contributed by atoms with Crippen molar-refractivity contribution in [3.63, 3.8) is 0 Å². The largest absolute Gasteiger partial charge is 0.383 e. The summed E-state index contributed by atoms with van der Waals surface area (Å²) in [5, 5.41) is 3.03. The van der Waals surface area contributed by atoms with Crippen molar-refractivity contribution >= 4 is 5.78 Å². The smallest absolute Gasteiger partial charge is 0.176 e. The molecule has 0 saturated carbocycles. The fraction of sp³-hybridized carbons (Fsp3) is 0.417. The molecule has 0 unspecified atom stereocenters. The molecule has 0 heterocycles. The Morgan fingerprint density at radius 2 is 2.27 bits per heavy atom. The Labute approximate surface area is 90.4 Å². The third-order valence-corrected chi connectivity index (χ3v) is 2.11. The van der Waals surface area contributed by atoms with Gasteiger partial charge in [0, 0.05) is 19.2 Å². The number of carbonyl (C=O) groups excluding carboxylic acids is 1. The van der Waals surface area contributed by atoms with Crippen molar-refractivity contribution in [2.75, 3.05) is 26.8 Å². The van der Waals surface area contributed by atoms with Crippen LogP contribution in [0.4, 0.5) is 0 Å². The molecule has 0 spiro atoms. The van der Waals surface area contributed by atoms with Crippen molar-refractivity contribution in [1.82, 2.24) is 5.32 Å². The minimum Gasteiger partial charge on any atom is -0.383 e. The standard InChI is InChI=1S/C12H17NO2/c1-10-4-3-5-11(8-10)12(14)9-13-6-7-15-2/h3-5,8,13H,6-7,9H2,1-2H3. The Bertz CT molecular complexity index is 323. The van der Waals surface area contributed by atoms with Gasteiger partial charge in [-0.3, -0.25) is 4.79 Å². The van der Waals surface area contributed by atoms with Crippen LogP contribution in [0, 0.1) is 6.92 Å². The molecule has 0 aliphatic heterocycles. The number of Topliss-reactive ketones (excluding diaryl/α,β-unsaturated/α-hetero) is 1. The predicted molar refractivity (Wildman–Crippen MR) is 60.3 cm³/mol. The summed E-state index contributed by atoms with van der Waals surface area (Å²) in [6.07, 6.45) is 0. The quantitative estimate of drug-likeness (QED) is 0.566. The van der Waals surface area contributed by atoms with Gasteiger partial charge in [-0.2, -0.15) is 0 Å². The zero-order valence-corrected chi connectivity index (χ0v) is 9.25. The molecule has 0 bridgehead atoms. The minimum absolute atomic E-state index is 0.120. The highest BCUT2D eigenvalue weighted by Crippen LogP contribution is 2.03. The molecule has 1 aromatic carbocycles. The van der Waals surface area contributed by atoms with E-state index in [0.717, 1.165) is 11.1 Å². The lowest BCUT2D eigenvalue weighted by Gasteiger charge is -2.04. The molecule has 82 valence electrons. The summed E-state index contributed by atoms with van der Waals surface area (Å²) in [4.78, 5) is 11.7. The molecule has 0 amide bonds. The van der Waals surface area contributed by atoms with E-state index in [-0.39, 0.29) is 5.78 Å². The summed E-state index contributed by atoms with van der Waals surface area (Å²) in [6.45, 7) is 3.68. The molecule has 0 aliphatic rings. The summed E-state index contributed by atoms with van der Waals surface area (Å²) in [7, 11) is 1.64. The maximum atomic E-state index is 11.7. The van der Waals surface area contributed by atoms with Gasteiger partial charge in [-0.25, -0.2) is 0 Å². The van der Waals surface area contributed by atoms with E-state index in [1.165, 1.54) is 0 Å². The first kappa shape index (κ1) is 11.9. The number of aryl methyl sites for hydroxylation is 1. The van der Waals surface area contributed by atoms with E-state index in [2.05, 4.69) is 5.32 Å². The molecule has 1 aromatic rings. The van der Waals surface area contributed by atoms with Gasteiger partial charge < -0.3 is 10.1 Å². The average Bonchev–Trinajstić information content (AvgIpc) is 2.24. The number of ether oxygens (including phenoxy) is 1. The number of hydrogen-bond donors (Lipinski definition) is 1. The molecule has 3 heteroatoms. The van der Waals surface area contributed by atoms with Crippen molar-refractivity contribution in [2.24, 2.45) is 0 Å². The lowest BCUT2D eigenvalue weighted by Crippen LogP contribution is -2.26. The molecule has 0 aromatic heterocycles. The van der Waals surface area contributed by atoms with Crippen LogP contribution in [0.1, 0.15) is 15.9 Å². The molecule has 0 atom stereocenters. The van der Waals surface area contributed by atoms with Crippen LogP contribution in [0.3, 0.4) is 0 Å². The van der Waals surface area contributed by atoms with Crippen molar-refractivity contribution < 1.29 is 9.53 Å². The lowest BCUT2D eigenvalue weighted by atomic mass is 10.1. The van der Waals surface area contributed by atoms with E-state index in [0.29, 0.717) is 19.7 Å². The molecule has 0 aliphatic carbocycles. The van der Waals surface area contributed by atoms with Gasteiger partial charge in [0.05, 0.1) is 13.2 Å². The molecule has 0 radical (unpaired) electrons. The van der Waals surface area contributed by atoms with Crippen LogP contribution in [-0.4, -0.2) is 32.6 Å². The van der Waals surface area contributed by atoms with Crippen molar-refractivity contribution in [3.05, 3.63) is 35.4 Å². The highest BCUT2D eigenvalue weighted by Gasteiger charge is 2.04. The third-order valence-electron chi connectivity index (χ3n) is 2.11. The van der Waals surface area contributed by atoms with Gasteiger partial charge in [0.15, 0.2) is 5.78 Å². The van der Waals surface area contributed by atoms with Crippen molar-refractivity contribution in [1.29, 1.82) is 0 Å². The Balaban J connectivity index is 2.40. The molecule has 1 N–H and O–H groups in total. The van der Waals surface area contributed by atoms with Crippen LogP contribution in [0.2, 0.25) is 0 Å². The topological polar surface area (TPSA) is 38.3 Å². The second-order valence-electron chi connectivity index (χ2n) is 3.46. The molecule has 0 saturated heterocycles. The molecule has 3 nitrogen and oxygen atoms in total. The van der Waals surface area contributed by atoms with Crippen LogP contribution in [0.25, 0.3) is 0 Å². The van der Waals surface area contributed by atoms with Crippen LogP contribution in [0.15, 0.2) is 24.3 Å². The van der Waals surface area contributed by atoms with Crippen LogP contribution >= 0.6 is 0 Å². The van der Waals surface area contributed by atoms with E-state index < -0.39 is 0 Å². The van der Waals surface area contributed by atoms with E-state index in [1.54, 1.807) is 7.11 Å². The van der Waals surface area contributed by atoms with E-state index in [1.807, 2.05) is 31.2 Å². The number of benzene rings is 1. The molecular weight excluding hydrogens is 190 g/mol. The molecule has 1 rings (SSSR count). The van der Waals surface area contributed by atoms with Crippen LogP contribution in [-0.2, 0) is 4.74 Å². The summed E-state index contributed by atoms with van der Waals surface area (Å²) in [5.41, 5.74) is 1.87. The highest BCUT2D eigenvalue weighted by atomic mass is 16.5. The predicted octanol–water partition coefficient (Wildman–Crippen LogP) is 1.41. The Kier molecular flexibility index (Phi) is 5.01. The zero-order valence-electron chi connectivity index (χ0n) is 9.25. The Morgan fingerprint density at radius 1 is 1.47 bits per heavy atom. The van der Waals surface area contributed by atoms with Gasteiger partial charge in [0.25, 0.3) is 0 Å². The van der Waals surface area contributed by atoms with Crippen LogP contribution < -0.4 is 5.32 Å². The van der Waals surface area contributed by atoms with Gasteiger partial charge >= 0.3 is 0 Å². The summed E-state index contributed by atoms with van der Waals surface area (Å²) in [6, 6.07) is 7.63. The average molecular weight is 207 g/mol. The second-order valence-corrected chi connectivity index (χ2v) is 3.46. The Hall–Kier alpha value is -1.19. The first-order valence-electron chi connectivity index (χ1n) is 5.03. The number of nitrogens with one attached hydrogen (secondary N) is 1. The maximum Gasteiger partial charge on any atom is 0.176 e. The normalized spacial score (nSPS) is 10.3. The summed E-state index contributed by atoms with van der Waals surface area (Å²) < 4.78 is 4.87. The van der Waals surface area contributed by atoms with Crippen molar-refractivity contribution in [2.45, 2.75) is 6.92 Å². The molecular formula is C12H17NO2. The van der Waals surface area contributed by atoms with Gasteiger partial charge in [-0.15, -0.1) is 0 Å². The second kappa shape index (κ2) is 6.32. The van der Waals surface area contributed by atoms with Gasteiger partial charge in [0.2, 0.25) is 0 Å². The number of carbonyl (C=O) groups is 1.